The predicted molar refractivity (Wildman–Crippen MR) is 58.4 cm³/mol. The van der Waals surface area contributed by atoms with Crippen molar-refractivity contribution in [3.05, 3.63) is 24.0 Å². The monoisotopic (exact) mass is 193 g/mol. The largest absolute Gasteiger partial charge is 0.367 e. The average Bonchev–Trinajstić information content (AvgIpc) is 2.72. The molecule has 0 atom stereocenters. The highest BCUT2D eigenvalue weighted by Crippen LogP contribution is 2.02. The standard InChI is InChI=1S/C11H19N3/c1(2-11-3-4-13-10-11)7-14-8-5-12-6-9-14/h3-4,10,12-13H,1-2,5-9H2. The molecule has 0 aliphatic carbocycles. The van der Waals surface area contributed by atoms with Crippen molar-refractivity contribution in [2.75, 3.05) is 32.7 Å². The van der Waals surface area contributed by atoms with Crippen molar-refractivity contribution in [2.45, 2.75) is 12.8 Å². The number of aromatic nitrogens is 1. The maximum Gasteiger partial charge on any atom is 0.0107 e. The summed E-state index contributed by atoms with van der Waals surface area (Å²) < 4.78 is 0. The van der Waals surface area contributed by atoms with E-state index in [9.17, 15) is 0 Å². The van der Waals surface area contributed by atoms with Crippen molar-refractivity contribution in [3.63, 3.8) is 0 Å². The van der Waals surface area contributed by atoms with Gasteiger partial charge in [-0.25, -0.2) is 0 Å². The molecule has 14 heavy (non-hydrogen) atoms. The van der Waals surface area contributed by atoms with E-state index in [1.165, 1.54) is 38.0 Å². The van der Waals surface area contributed by atoms with E-state index in [2.05, 4.69) is 27.5 Å². The molecule has 2 N–H and O–H groups in total. The van der Waals surface area contributed by atoms with Gasteiger partial charge in [0.2, 0.25) is 0 Å². The number of nitrogens with zero attached hydrogens (tertiary/aromatic N) is 1. The van der Waals surface area contributed by atoms with Gasteiger partial charge in [-0.05, 0) is 31.0 Å². The van der Waals surface area contributed by atoms with Crippen LogP contribution >= 0.6 is 0 Å². The zero-order valence-corrected chi connectivity index (χ0v) is 8.63. The van der Waals surface area contributed by atoms with Gasteiger partial charge >= 0.3 is 0 Å². The van der Waals surface area contributed by atoms with E-state index < -0.39 is 0 Å². The summed E-state index contributed by atoms with van der Waals surface area (Å²) in [5.74, 6) is 0. The van der Waals surface area contributed by atoms with Crippen LogP contribution in [0.15, 0.2) is 18.5 Å². The van der Waals surface area contributed by atoms with E-state index in [-0.39, 0.29) is 0 Å². The molecule has 2 rings (SSSR count). The molecule has 1 aromatic heterocycles. The Morgan fingerprint density at radius 1 is 1.29 bits per heavy atom. The second kappa shape index (κ2) is 5.17. The van der Waals surface area contributed by atoms with Crippen LogP contribution in [0.1, 0.15) is 12.0 Å². The van der Waals surface area contributed by atoms with E-state index in [1.807, 2.05) is 6.20 Å². The van der Waals surface area contributed by atoms with Gasteiger partial charge in [-0.3, -0.25) is 0 Å². The van der Waals surface area contributed by atoms with E-state index in [0.717, 1.165) is 13.1 Å². The fourth-order valence-electron chi connectivity index (χ4n) is 1.96. The fraction of sp³-hybridized carbons (Fsp3) is 0.636. The lowest BCUT2D eigenvalue weighted by molar-refractivity contribution is 0.238. The minimum atomic E-state index is 1.16. The van der Waals surface area contributed by atoms with Gasteiger partial charge in [-0.1, -0.05) is 0 Å². The van der Waals surface area contributed by atoms with Crippen molar-refractivity contribution in [2.24, 2.45) is 0 Å². The smallest absolute Gasteiger partial charge is 0.0107 e. The molecule has 0 bridgehead atoms. The van der Waals surface area contributed by atoms with Gasteiger partial charge in [-0.2, -0.15) is 0 Å². The molecule has 0 aromatic carbocycles. The maximum atomic E-state index is 3.37. The summed E-state index contributed by atoms with van der Waals surface area (Å²) in [6, 6.07) is 2.16. The number of aryl methyl sites for hydroxylation is 1. The highest BCUT2D eigenvalue weighted by molar-refractivity contribution is 5.08. The Hall–Kier alpha value is -0.800. The van der Waals surface area contributed by atoms with Crippen molar-refractivity contribution >= 4 is 0 Å². The maximum absolute atomic E-state index is 3.37. The summed E-state index contributed by atoms with van der Waals surface area (Å²) in [5.41, 5.74) is 1.43. The van der Waals surface area contributed by atoms with Crippen molar-refractivity contribution < 1.29 is 0 Å². The van der Waals surface area contributed by atoms with Crippen LogP contribution in [0.25, 0.3) is 0 Å². The molecule has 1 saturated heterocycles. The molecule has 3 heteroatoms. The lowest BCUT2D eigenvalue weighted by Crippen LogP contribution is -2.43. The average molecular weight is 193 g/mol. The summed E-state index contributed by atoms with van der Waals surface area (Å²) in [4.78, 5) is 5.64. The van der Waals surface area contributed by atoms with Gasteiger partial charge in [0.15, 0.2) is 0 Å². The third-order valence-electron chi connectivity index (χ3n) is 2.81. The topological polar surface area (TPSA) is 31.1 Å². The van der Waals surface area contributed by atoms with E-state index >= 15 is 0 Å². The summed E-state index contributed by atoms with van der Waals surface area (Å²) in [7, 11) is 0. The molecular formula is C11H19N3. The van der Waals surface area contributed by atoms with Gasteiger partial charge in [-0.15, -0.1) is 0 Å². The number of H-pyrrole nitrogens is 1. The number of nitrogens with one attached hydrogen (secondary N) is 2. The highest BCUT2D eigenvalue weighted by Gasteiger charge is 2.08. The van der Waals surface area contributed by atoms with Gasteiger partial charge in [0.1, 0.15) is 0 Å². The SMILES string of the molecule is c1cc(CCCN2CCNCC2)c[nH]1. The van der Waals surface area contributed by atoms with E-state index in [4.69, 9.17) is 0 Å². The lowest BCUT2D eigenvalue weighted by Gasteiger charge is -2.26. The summed E-state index contributed by atoms with van der Waals surface area (Å²) in [6.07, 6.45) is 6.57. The summed E-state index contributed by atoms with van der Waals surface area (Å²) >= 11 is 0. The second-order valence-electron chi connectivity index (χ2n) is 3.91. The fourth-order valence-corrected chi connectivity index (χ4v) is 1.96. The van der Waals surface area contributed by atoms with E-state index in [0.29, 0.717) is 0 Å². The summed E-state index contributed by atoms with van der Waals surface area (Å²) in [6.45, 7) is 5.99. The Morgan fingerprint density at radius 3 is 2.86 bits per heavy atom. The number of hydrogen-bond acceptors (Lipinski definition) is 2. The number of piperazine rings is 1. The van der Waals surface area contributed by atoms with Crippen LogP contribution in [0.5, 0.6) is 0 Å². The van der Waals surface area contributed by atoms with Crippen LogP contribution in [0, 0.1) is 0 Å². The minimum Gasteiger partial charge on any atom is -0.367 e. The normalized spacial score (nSPS) is 18.6. The quantitative estimate of drug-likeness (QED) is 0.743. The van der Waals surface area contributed by atoms with E-state index in [1.54, 1.807) is 0 Å². The Kier molecular flexibility index (Phi) is 3.60. The molecule has 0 spiro atoms. The zero-order valence-electron chi connectivity index (χ0n) is 8.63. The lowest BCUT2D eigenvalue weighted by atomic mass is 10.2. The Morgan fingerprint density at radius 2 is 2.14 bits per heavy atom. The first kappa shape index (κ1) is 9.74. The van der Waals surface area contributed by atoms with Crippen LogP contribution < -0.4 is 5.32 Å². The molecule has 0 saturated carbocycles. The van der Waals surface area contributed by atoms with Gasteiger partial charge < -0.3 is 15.2 Å². The van der Waals surface area contributed by atoms with Crippen LogP contribution in [-0.4, -0.2) is 42.6 Å². The predicted octanol–water partition coefficient (Wildman–Crippen LogP) is 0.852. The Balaban J connectivity index is 1.62. The molecule has 1 aromatic rings. The van der Waals surface area contributed by atoms with Crippen LogP contribution in [0.2, 0.25) is 0 Å². The molecule has 3 nitrogen and oxygen atoms in total. The number of aromatic amines is 1. The Labute approximate surface area is 85.5 Å². The molecule has 1 aliphatic rings. The third kappa shape index (κ3) is 2.86. The molecule has 0 amide bonds. The molecule has 1 fully saturated rings. The molecule has 2 heterocycles. The number of rotatable bonds is 4. The first-order chi connectivity index (χ1) is 6.95. The highest BCUT2D eigenvalue weighted by atomic mass is 15.2. The summed E-state index contributed by atoms with van der Waals surface area (Å²) in [5, 5.41) is 3.37. The van der Waals surface area contributed by atoms with Crippen molar-refractivity contribution in [3.8, 4) is 0 Å². The first-order valence-electron chi connectivity index (χ1n) is 5.50. The van der Waals surface area contributed by atoms with Crippen LogP contribution in [0.3, 0.4) is 0 Å². The third-order valence-corrected chi connectivity index (χ3v) is 2.81. The van der Waals surface area contributed by atoms with Gasteiger partial charge in [0.05, 0.1) is 0 Å². The molecular weight excluding hydrogens is 174 g/mol. The number of hydrogen-bond donors (Lipinski definition) is 2. The molecule has 0 radical (unpaired) electrons. The minimum absolute atomic E-state index is 1.16. The second-order valence-corrected chi connectivity index (χ2v) is 3.91. The first-order valence-corrected chi connectivity index (χ1v) is 5.50. The van der Waals surface area contributed by atoms with Gasteiger partial charge in [0, 0.05) is 38.6 Å². The molecule has 1 aliphatic heterocycles. The van der Waals surface area contributed by atoms with Crippen LogP contribution in [0.4, 0.5) is 0 Å². The molecule has 0 unspecified atom stereocenters. The zero-order chi connectivity index (χ0) is 9.64. The van der Waals surface area contributed by atoms with Gasteiger partial charge in [0.25, 0.3) is 0 Å². The van der Waals surface area contributed by atoms with Crippen molar-refractivity contribution in [1.82, 2.24) is 15.2 Å². The van der Waals surface area contributed by atoms with Crippen molar-refractivity contribution in [1.29, 1.82) is 0 Å². The van der Waals surface area contributed by atoms with Crippen LogP contribution in [-0.2, 0) is 6.42 Å². The Bertz CT molecular complexity index is 237. The molecule has 78 valence electrons.